The summed E-state index contributed by atoms with van der Waals surface area (Å²) in [4.78, 5) is 56.1. The summed E-state index contributed by atoms with van der Waals surface area (Å²) in [5, 5.41) is 84.3. The summed E-state index contributed by atoms with van der Waals surface area (Å²) < 4.78 is 29.3. The van der Waals surface area contributed by atoms with E-state index >= 15 is 0 Å². The Hall–Kier alpha value is -3.43. The molecule has 0 saturated carbocycles. The molecule has 0 bridgehead atoms. The molecule has 23 nitrogen and oxygen atoms in total. The maximum Gasteiger partial charge on any atom is 0.239 e. The number of nitrogens with two attached hydrogens (primary N) is 1. The third-order valence-electron chi connectivity index (χ3n) is 8.94. The maximum atomic E-state index is 13.0. The van der Waals surface area contributed by atoms with Crippen molar-refractivity contribution in [3.05, 3.63) is 18.2 Å². The van der Waals surface area contributed by atoms with Gasteiger partial charge in [0.1, 0.15) is 73.1 Å². The maximum absolute atomic E-state index is 13.0. The molecule has 16 atom stereocenters. The molecule has 0 aromatic carbocycles. The van der Waals surface area contributed by atoms with Crippen LogP contribution in [0.3, 0.4) is 0 Å². The first-order valence-corrected chi connectivity index (χ1v) is 16.8. The predicted octanol–water partition coefficient (Wildman–Crippen LogP) is -7.72. The third kappa shape index (κ3) is 10.2. The van der Waals surface area contributed by atoms with Crippen LogP contribution >= 0.6 is 0 Å². The lowest BCUT2D eigenvalue weighted by atomic mass is 9.93. The summed E-state index contributed by atoms with van der Waals surface area (Å²) in [5.74, 6) is -2.75. The fourth-order valence-corrected chi connectivity index (χ4v) is 6.40. The number of carbonyl (C=O) groups is 4. The Kier molecular flexibility index (Phi) is 15.0. The fraction of sp³-hybridized carbons (Fsp3) is 0.767. The van der Waals surface area contributed by atoms with Crippen LogP contribution in [0.15, 0.2) is 12.5 Å². The van der Waals surface area contributed by atoms with Crippen LogP contribution in [0.1, 0.15) is 26.5 Å². The first kappa shape index (κ1) is 42.3. The molecule has 4 rings (SSSR count). The van der Waals surface area contributed by atoms with Crippen LogP contribution in [-0.4, -0.2) is 187 Å². The Morgan fingerprint density at radius 1 is 0.736 bits per heavy atom. The molecule has 4 amide bonds. The highest BCUT2D eigenvalue weighted by atomic mass is 16.7. The second kappa shape index (κ2) is 18.7. The molecule has 3 fully saturated rings. The average molecular weight is 764 g/mol. The second-order valence-electron chi connectivity index (χ2n) is 13.0. The van der Waals surface area contributed by atoms with E-state index in [9.17, 15) is 54.9 Å². The topological polar surface area (TPSA) is 359 Å². The van der Waals surface area contributed by atoms with E-state index in [1.54, 1.807) is 0 Å². The Morgan fingerprint density at radius 3 is 1.70 bits per heavy atom. The summed E-state index contributed by atoms with van der Waals surface area (Å²) in [6, 6.07) is -5.51. The number of amides is 4. The lowest BCUT2D eigenvalue weighted by Gasteiger charge is -2.50. The summed E-state index contributed by atoms with van der Waals surface area (Å²) >= 11 is 0. The van der Waals surface area contributed by atoms with Gasteiger partial charge in [-0.25, -0.2) is 4.98 Å². The number of H-pyrrole nitrogens is 1. The Balaban J connectivity index is 1.57. The van der Waals surface area contributed by atoms with E-state index in [4.69, 9.17) is 29.4 Å². The van der Waals surface area contributed by atoms with Crippen molar-refractivity contribution in [2.24, 2.45) is 5.73 Å². The molecule has 14 N–H and O–H groups in total. The van der Waals surface area contributed by atoms with Crippen LogP contribution in [0.2, 0.25) is 0 Å². The smallest absolute Gasteiger partial charge is 0.239 e. The lowest BCUT2D eigenvalue weighted by molar-refractivity contribution is -0.347. The van der Waals surface area contributed by atoms with Crippen molar-refractivity contribution in [3.8, 4) is 0 Å². The van der Waals surface area contributed by atoms with E-state index in [0.717, 1.165) is 20.8 Å². The fourth-order valence-electron chi connectivity index (χ4n) is 6.40. The van der Waals surface area contributed by atoms with Crippen LogP contribution in [0, 0.1) is 0 Å². The van der Waals surface area contributed by atoms with Crippen molar-refractivity contribution in [1.82, 2.24) is 31.2 Å². The van der Waals surface area contributed by atoms with Gasteiger partial charge in [-0.3, -0.25) is 19.2 Å². The van der Waals surface area contributed by atoms with Gasteiger partial charge in [0.2, 0.25) is 23.6 Å². The third-order valence-corrected chi connectivity index (χ3v) is 8.94. The monoisotopic (exact) mass is 763 g/mol. The number of imidazole rings is 1. The van der Waals surface area contributed by atoms with Crippen molar-refractivity contribution in [2.45, 2.75) is 125 Å². The van der Waals surface area contributed by atoms with Crippen LogP contribution in [0.4, 0.5) is 0 Å². The van der Waals surface area contributed by atoms with Crippen molar-refractivity contribution in [1.29, 1.82) is 0 Å². The Bertz CT molecular complexity index is 1380. The molecular formula is C30H49N7O16. The number of ether oxygens (including phenoxy) is 5. The van der Waals surface area contributed by atoms with Crippen molar-refractivity contribution >= 4 is 23.6 Å². The van der Waals surface area contributed by atoms with Gasteiger partial charge in [0.25, 0.3) is 0 Å². The van der Waals surface area contributed by atoms with Crippen LogP contribution < -0.4 is 27.0 Å². The minimum atomic E-state index is -1.82. The number of carbonyl (C=O) groups excluding carboxylic acids is 4. The number of aromatic amines is 1. The van der Waals surface area contributed by atoms with Crippen LogP contribution in [-0.2, 0) is 49.3 Å². The SMILES string of the molecule is CC(=O)N[C@@H]1[C@@H](O)[C@H](O[C@@H]2O[C@H](CO)[C@@H](O[C@@H]3O[C@H](CO)[C@@H](O)[C@H](O)[C@H]3NC(C)=O)[C@H](O)[C@H]2NC(C)=O)[C@@H](CO)O[C@H]1NC(=O)[C@@H](N)Cc1cnc[nH]1. The van der Waals surface area contributed by atoms with Gasteiger partial charge in [-0.1, -0.05) is 0 Å². The number of aromatic nitrogens is 2. The van der Waals surface area contributed by atoms with Gasteiger partial charge in [-0.15, -0.1) is 0 Å². The van der Waals surface area contributed by atoms with E-state index in [1.807, 2.05) is 0 Å². The van der Waals surface area contributed by atoms with Crippen molar-refractivity contribution in [3.63, 3.8) is 0 Å². The minimum Gasteiger partial charge on any atom is -0.394 e. The van der Waals surface area contributed by atoms with Gasteiger partial charge in [0, 0.05) is 39.1 Å². The van der Waals surface area contributed by atoms with E-state index in [1.165, 1.54) is 12.5 Å². The molecule has 0 spiro atoms. The molecular weight excluding hydrogens is 714 g/mol. The minimum absolute atomic E-state index is 0.0506. The summed E-state index contributed by atoms with van der Waals surface area (Å²) in [6.45, 7) is 0.894. The van der Waals surface area contributed by atoms with Gasteiger partial charge in [0.05, 0.1) is 32.2 Å². The molecule has 0 radical (unpaired) electrons. The second-order valence-corrected chi connectivity index (χ2v) is 13.0. The molecule has 53 heavy (non-hydrogen) atoms. The van der Waals surface area contributed by atoms with Gasteiger partial charge >= 0.3 is 0 Å². The number of hydrogen-bond donors (Lipinski definition) is 13. The first-order valence-electron chi connectivity index (χ1n) is 16.8. The van der Waals surface area contributed by atoms with E-state index in [2.05, 4.69) is 31.2 Å². The summed E-state index contributed by atoms with van der Waals surface area (Å²) in [7, 11) is 0. The molecule has 0 aliphatic carbocycles. The molecule has 3 aliphatic heterocycles. The van der Waals surface area contributed by atoms with Crippen molar-refractivity contribution < 1.29 is 78.6 Å². The quantitative estimate of drug-likeness (QED) is 0.0837. The number of rotatable bonds is 14. The largest absolute Gasteiger partial charge is 0.394 e. The predicted molar refractivity (Wildman–Crippen MR) is 172 cm³/mol. The average Bonchev–Trinajstić information content (AvgIpc) is 3.62. The molecule has 1 aromatic heterocycles. The van der Waals surface area contributed by atoms with Crippen LogP contribution in [0.5, 0.6) is 0 Å². The molecule has 1 aromatic rings. The number of hydrogen-bond acceptors (Lipinski definition) is 18. The van der Waals surface area contributed by atoms with Gasteiger partial charge in [-0.2, -0.15) is 0 Å². The molecule has 3 aliphatic rings. The van der Waals surface area contributed by atoms with Gasteiger partial charge in [-0.05, 0) is 0 Å². The Morgan fingerprint density at radius 2 is 1.21 bits per heavy atom. The number of aliphatic hydroxyl groups is 7. The molecule has 0 unspecified atom stereocenters. The Labute approximate surface area is 302 Å². The highest BCUT2D eigenvalue weighted by molar-refractivity contribution is 5.82. The zero-order chi connectivity index (χ0) is 39.1. The van der Waals surface area contributed by atoms with Gasteiger partial charge in [0.15, 0.2) is 18.8 Å². The normalized spacial score (nSPS) is 38.0. The first-order chi connectivity index (χ1) is 25.1. The van der Waals surface area contributed by atoms with Crippen LogP contribution in [0.25, 0.3) is 0 Å². The molecule has 3 saturated heterocycles. The number of nitrogens with zero attached hydrogens (tertiary/aromatic N) is 1. The zero-order valence-corrected chi connectivity index (χ0v) is 29.1. The van der Waals surface area contributed by atoms with Crippen molar-refractivity contribution in [2.75, 3.05) is 19.8 Å². The number of aliphatic hydroxyl groups excluding tert-OH is 7. The van der Waals surface area contributed by atoms with E-state index in [0.29, 0.717) is 5.69 Å². The highest BCUT2D eigenvalue weighted by Gasteiger charge is 2.54. The van der Waals surface area contributed by atoms with Gasteiger partial charge < -0.3 is 91.4 Å². The summed E-state index contributed by atoms with van der Waals surface area (Å²) in [6.07, 6.45) is -16.3. The summed E-state index contributed by atoms with van der Waals surface area (Å²) in [5.41, 5.74) is 6.59. The molecule has 300 valence electrons. The standard InChI is InChI=1S/C30H49N7O16/c1-10(41)34-18-23(46)25(16(7-39)49-28(18)37-27(48)14(31)4-13-5-32-9-33-13)52-30-20(36-12(3)43)24(47)26(17(8-40)51-30)53-29-19(35-11(2)42)22(45)21(44)15(6-38)50-29/h5,9,14-26,28-30,38-40,44-47H,4,6-8,31H2,1-3H3,(H,32,33)(H,34,41)(H,35,42)(H,36,43)(H,37,48)/t14-,15+,16+,17+,18+,19+,20+,21+,22+,23+,24+,25+,26+,28+,29-,30-/m0/s1. The molecule has 4 heterocycles. The highest BCUT2D eigenvalue weighted by Crippen LogP contribution is 2.32. The lowest BCUT2D eigenvalue weighted by Crippen LogP contribution is -2.72. The van der Waals surface area contributed by atoms with E-state index in [-0.39, 0.29) is 6.42 Å². The number of nitrogens with one attached hydrogen (secondary N) is 5. The molecule has 23 heteroatoms. The van der Waals surface area contributed by atoms with E-state index < -0.39 is 141 Å². The zero-order valence-electron chi connectivity index (χ0n) is 29.1.